The lowest BCUT2D eigenvalue weighted by Crippen LogP contribution is -2.44. The number of piperidine rings is 2. The van der Waals surface area contributed by atoms with Crippen molar-refractivity contribution in [2.24, 2.45) is 11.7 Å². The van der Waals surface area contributed by atoms with Crippen LogP contribution < -0.4 is 5.73 Å². The van der Waals surface area contributed by atoms with Crippen LogP contribution in [0.3, 0.4) is 0 Å². The molecular weight excluding hydrogens is 236 g/mol. The largest absolute Gasteiger partial charge is 0.329 e. The molecule has 2 aliphatic heterocycles. The topological polar surface area (TPSA) is 32.5 Å². The summed E-state index contributed by atoms with van der Waals surface area (Å²) in [6, 6.07) is 0. The summed E-state index contributed by atoms with van der Waals surface area (Å²) in [5.74, 6) is -1.73. The van der Waals surface area contributed by atoms with Gasteiger partial charge in [-0.25, -0.2) is 8.78 Å². The maximum Gasteiger partial charge on any atom is 0.250 e. The van der Waals surface area contributed by atoms with Crippen LogP contribution in [0, 0.1) is 5.92 Å². The number of hydrogen-bond donors (Lipinski definition) is 1. The van der Waals surface area contributed by atoms with Crippen molar-refractivity contribution in [2.45, 2.75) is 31.6 Å². The van der Waals surface area contributed by atoms with Gasteiger partial charge in [-0.1, -0.05) is 0 Å². The fourth-order valence-electron chi connectivity index (χ4n) is 3.00. The van der Waals surface area contributed by atoms with Gasteiger partial charge in [0.15, 0.2) is 0 Å². The van der Waals surface area contributed by atoms with Crippen molar-refractivity contribution in [3.8, 4) is 0 Å². The molecule has 0 aromatic carbocycles. The fourth-order valence-corrected chi connectivity index (χ4v) is 3.00. The molecule has 0 aliphatic carbocycles. The minimum atomic E-state index is -2.42. The molecule has 106 valence electrons. The maximum atomic E-state index is 13.0. The summed E-state index contributed by atoms with van der Waals surface area (Å²) in [4.78, 5) is 4.63. The van der Waals surface area contributed by atoms with E-state index >= 15 is 0 Å². The molecule has 2 fully saturated rings. The molecule has 0 bridgehead atoms. The van der Waals surface area contributed by atoms with E-state index in [1.807, 2.05) is 0 Å². The van der Waals surface area contributed by atoms with E-state index in [0.717, 1.165) is 32.7 Å². The summed E-state index contributed by atoms with van der Waals surface area (Å²) in [6.45, 7) is 6.09. The monoisotopic (exact) mass is 261 g/mol. The first-order valence-corrected chi connectivity index (χ1v) is 7.12. The van der Waals surface area contributed by atoms with Crippen molar-refractivity contribution < 1.29 is 8.78 Å². The molecule has 2 aliphatic rings. The van der Waals surface area contributed by atoms with E-state index in [4.69, 9.17) is 5.73 Å². The Hall–Kier alpha value is -0.260. The molecule has 0 aromatic rings. The normalized spacial score (nSPS) is 27.5. The molecule has 2 heterocycles. The molecule has 3 nitrogen and oxygen atoms in total. The maximum absolute atomic E-state index is 13.0. The van der Waals surface area contributed by atoms with Gasteiger partial charge >= 0.3 is 0 Å². The lowest BCUT2D eigenvalue weighted by Gasteiger charge is -2.37. The molecule has 0 radical (unpaired) electrons. The first kappa shape index (κ1) is 14.2. The molecule has 0 unspecified atom stereocenters. The zero-order valence-corrected chi connectivity index (χ0v) is 11.1. The molecular formula is C13H25F2N3. The van der Waals surface area contributed by atoms with Crippen LogP contribution >= 0.6 is 0 Å². The van der Waals surface area contributed by atoms with Crippen molar-refractivity contribution in [3.63, 3.8) is 0 Å². The molecule has 0 atom stereocenters. The van der Waals surface area contributed by atoms with Gasteiger partial charge in [0.25, 0.3) is 5.92 Å². The van der Waals surface area contributed by atoms with Gasteiger partial charge in [0.2, 0.25) is 0 Å². The van der Waals surface area contributed by atoms with Crippen molar-refractivity contribution in [1.82, 2.24) is 9.80 Å². The standard InChI is InChI=1S/C13H25F2N3/c14-13(15)3-8-18(9-4-13)11-12-1-6-17(7-2-12)10-5-16/h12H,1-11,16H2. The summed E-state index contributed by atoms with van der Waals surface area (Å²) in [5, 5.41) is 0. The van der Waals surface area contributed by atoms with Gasteiger partial charge in [0.05, 0.1) is 0 Å². The second-order valence-corrected chi connectivity index (χ2v) is 5.73. The van der Waals surface area contributed by atoms with Crippen molar-refractivity contribution in [2.75, 3.05) is 45.8 Å². The van der Waals surface area contributed by atoms with Crippen LogP contribution in [-0.2, 0) is 0 Å². The number of halogens is 2. The minimum absolute atomic E-state index is 0.0407. The van der Waals surface area contributed by atoms with Crippen molar-refractivity contribution >= 4 is 0 Å². The van der Waals surface area contributed by atoms with Gasteiger partial charge < -0.3 is 15.5 Å². The van der Waals surface area contributed by atoms with E-state index < -0.39 is 5.92 Å². The zero-order chi connectivity index (χ0) is 13.0. The molecule has 2 rings (SSSR count). The van der Waals surface area contributed by atoms with E-state index in [1.165, 1.54) is 12.8 Å². The second kappa shape index (κ2) is 6.26. The number of likely N-dealkylation sites (tertiary alicyclic amines) is 2. The molecule has 2 N–H and O–H groups in total. The molecule has 5 heteroatoms. The minimum Gasteiger partial charge on any atom is -0.329 e. The third-order valence-electron chi connectivity index (χ3n) is 4.26. The van der Waals surface area contributed by atoms with E-state index in [-0.39, 0.29) is 12.8 Å². The smallest absolute Gasteiger partial charge is 0.250 e. The summed E-state index contributed by atoms with van der Waals surface area (Å²) in [6.07, 6.45) is 2.46. The first-order valence-electron chi connectivity index (χ1n) is 7.12. The number of nitrogens with zero attached hydrogens (tertiary/aromatic N) is 2. The van der Waals surface area contributed by atoms with Crippen LogP contribution in [0.15, 0.2) is 0 Å². The van der Waals surface area contributed by atoms with E-state index in [0.29, 0.717) is 19.0 Å². The Bertz CT molecular complexity index is 243. The van der Waals surface area contributed by atoms with Crippen LogP contribution in [0.4, 0.5) is 8.78 Å². The molecule has 0 amide bonds. The van der Waals surface area contributed by atoms with Crippen molar-refractivity contribution in [1.29, 1.82) is 0 Å². The van der Waals surface area contributed by atoms with Crippen LogP contribution in [0.5, 0.6) is 0 Å². The highest BCUT2D eigenvalue weighted by Crippen LogP contribution is 2.29. The molecule has 0 saturated carbocycles. The van der Waals surface area contributed by atoms with E-state index in [9.17, 15) is 8.78 Å². The van der Waals surface area contributed by atoms with Crippen LogP contribution in [-0.4, -0.2) is 61.5 Å². The number of alkyl halides is 2. The molecule has 2 saturated heterocycles. The Balaban J connectivity index is 1.66. The number of nitrogens with two attached hydrogens (primary N) is 1. The Morgan fingerprint density at radius 1 is 1.00 bits per heavy atom. The third kappa shape index (κ3) is 4.14. The van der Waals surface area contributed by atoms with E-state index in [2.05, 4.69) is 9.80 Å². The highest BCUT2D eigenvalue weighted by atomic mass is 19.3. The summed E-state index contributed by atoms with van der Waals surface area (Å²) < 4.78 is 26.1. The first-order chi connectivity index (χ1) is 8.59. The highest BCUT2D eigenvalue weighted by molar-refractivity contribution is 4.81. The van der Waals surface area contributed by atoms with Gasteiger partial charge in [-0.3, -0.25) is 0 Å². The lowest BCUT2D eigenvalue weighted by molar-refractivity contribution is -0.0585. The zero-order valence-electron chi connectivity index (χ0n) is 11.1. The summed E-state index contributed by atoms with van der Waals surface area (Å²) in [5.41, 5.74) is 5.55. The fraction of sp³-hybridized carbons (Fsp3) is 1.00. The third-order valence-corrected chi connectivity index (χ3v) is 4.26. The highest BCUT2D eigenvalue weighted by Gasteiger charge is 2.34. The average molecular weight is 261 g/mol. The number of rotatable bonds is 4. The van der Waals surface area contributed by atoms with Gasteiger partial charge in [-0.15, -0.1) is 0 Å². The van der Waals surface area contributed by atoms with Gasteiger partial charge in [0, 0.05) is 45.6 Å². The number of hydrogen-bond acceptors (Lipinski definition) is 3. The van der Waals surface area contributed by atoms with Gasteiger partial charge in [-0.05, 0) is 31.8 Å². The van der Waals surface area contributed by atoms with Crippen LogP contribution in [0.1, 0.15) is 25.7 Å². The molecule has 18 heavy (non-hydrogen) atoms. The Morgan fingerprint density at radius 3 is 2.17 bits per heavy atom. The predicted molar refractivity (Wildman–Crippen MR) is 68.8 cm³/mol. The summed E-state index contributed by atoms with van der Waals surface area (Å²) in [7, 11) is 0. The predicted octanol–water partition coefficient (Wildman–Crippen LogP) is 1.39. The van der Waals surface area contributed by atoms with Crippen LogP contribution in [0.2, 0.25) is 0 Å². The molecule has 0 spiro atoms. The Kier molecular flexibility index (Phi) is 4.92. The van der Waals surface area contributed by atoms with Gasteiger partial charge in [0.1, 0.15) is 0 Å². The SMILES string of the molecule is NCCN1CCC(CN2CCC(F)(F)CC2)CC1. The van der Waals surface area contributed by atoms with Gasteiger partial charge in [-0.2, -0.15) is 0 Å². The molecule has 0 aromatic heterocycles. The quantitative estimate of drug-likeness (QED) is 0.830. The lowest BCUT2D eigenvalue weighted by atomic mass is 9.95. The van der Waals surface area contributed by atoms with Crippen molar-refractivity contribution in [3.05, 3.63) is 0 Å². The van der Waals surface area contributed by atoms with Crippen LogP contribution in [0.25, 0.3) is 0 Å². The average Bonchev–Trinajstić information content (AvgIpc) is 2.35. The second-order valence-electron chi connectivity index (χ2n) is 5.73. The Morgan fingerprint density at radius 2 is 1.61 bits per heavy atom. The van der Waals surface area contributed by atoms with E-state index in [1.54, 1.807) is 0 Å². The summed E-state index contributed by atoms with van der Waals surface area (Å²) >= 11 is 0. The Labute approximate surface area is 108 Å².